The molecule has 1 N–H and O–H groups in total. The first-order valence-electron chi connectivity index (χ1n) is 8.09. The minimum Gasteiger partial charge on any atom is -0.326 e. The van der Waals surface area contributed by atoms with Crippen molar-refractivity contribution < 1.29 is 4.79 Å². The molecule has 3 heteroatoms. The van der Waals surface area contributed by atoms with Crippen LogP contribution in [0.3, 0.4) is 0 Å². The van der Waals surface area contributed by atoms with E-state index in [-0.39, 0.29) is 11.8 Å². The number of carbonyl (C=O) groups excluding carboxylic acids is 1. The maximum absolute atomic E-state index is 12.4. The first-order valence-corrected chi connectivity index (χ1v) is 8.47. The number of carbonyl (C=O) groups is 1. The monoisotopic (exact) mass is 305 g/mol. The van der Waals surface area contributed by atoms with Crippen molar-refractivity contribution in [3.8, 4) is 0 Å². The van der Waals surface area contributed by atoms with Crippen LogP contribution in [0.25, 0.3) is 0 Å². The van der Waals surface area contributed by atoms with Gasteiger partial charge in [-0.15, -0.1) is 0 Å². The summed E-state index contributed by atoms with van der Waals surface area (Å²) in [5.41, 5.74) is 0.836. The van der Waals surface area contributed by atoms with Gasteiger partial charge in [0.05, 0.1) is 0 Å². The van der Waals surface area contributed by atoms with Crippen LogP contribution in [0.1, 0.15) is 39.5 Å². The van der Waals surface area contributed by atoms with Crippen LogP contribution in [-0.2, 0) is 4.79 Å². The Kier molecular flexibility index (Phi) is 4.26. The minimum absolute atomic E-state index is 0.0987. The summed E-state index contributed by atoms with van der Waals surface area (Å²) in [6.07, 6.45) is 5.22. The zero-order chi connectivity index (χ0) is 15.0. The van der Waals surface area contributed by atoms with E-state index in [0.717, 1.165) is 23.4 Å². The number of hydrogen-bond donors (Lipinski definition) is 1. The van der Waals surface area contributed by atoms with Crippen LogP contribution in [-0.4, -0.2) is 5.91 Å². The van der Waals surface area contributed by atoms with E-state index in [9.17, 15) is 4.79 Å². The van der Waals surface area contributed by atoms with E-state index >= 15 is 0 Å². The average molecular weight is 306 g/mol. The number of nitrogens with one attached hydrogen (secondary N) is 1. The summed E-state index contributed by atoms with van der Waals surface area (Å²) in [7, 11) is 0. The van der Waals surface area contributed by atoms with Gasteiger partial charge < -0.3 is 5.32 Å². The number of anilines is 1. The summed E-state index contributed by atoms with van der Waals surface area (Å²) < 4.78 is 0. The molecule has 1 aromatic carbocycles. The Hall–Kier alpha value is -1.02. The van der Waals surface area contributed by atoms with Crippen molar-refractivity contribution in [2.75, 3.05) is 5.32 Å². The van der Waals surface area contributed by atoms with Gasteiger partial charge in [-0.3, -0.25) is 4.79 Å². The lowest BCUT2D eigenvalue weighted by Crippen LogP contribution is -2.26. The van der Waals surface area contributed by atoms with Crippen molar-refractivity contribution in [3.63, 3.8) is 0 Å². The van der Waals surface area contributed by atoms with Gasteiger partial charge in [0.1, 0.15) is 0 Å². The zero-order valence-corrected chi connectivity index (χ0v) is 13.6. The normalized spacial score (nSPS) is 32.7. The lowest BCUT2D eigenvalue weighted by molar-refractivity contribution is -0.120. The van der Waals surface area contributed by atoms with Crippen molar-refractivity contribution >= 4 is 23.2 Å². The summed E-state index contributed by atoms with van der Waals surface area (Å²) in [5.74, 6) is 3.43. The molecule has 0 unspecified atom stereocenters. The van der Waals surface area contributed by atoms with E-state index < -0.39 is 0 Å². The van der Waals surface area contributed by atoms with Crippen LogP contribution >= 0.6 is 11.6 Å². The molecule has 2 nitrogen and oxygen atoms in total. The molecule has 2 fully saturated rings. The molecule has 1 aromatic rings. The van der Waals surface area contributed by atoms with Crippen molar-refractivity contribution in [2.24, 2.45) is 29.6 Å². The Labute approximate surface area is 132 Å². The van der Waals surface area contributed by atoms with Gasteiger partial charge in [0.2, 0.25) is 5.91 Å². The van der Waals surface area contributed by atoms with Crippen molar-refractivity contribution in [1.82, 2.24) is 0 Å². The van der Waals surface area contributed by atoms with Crippen molar-refractivity contribution in [3.05, 3.63) is 29.3 Å². The molecule has 0 bridgehead atoms. The van der Waals surface area contributed by atoms with E-state index in [1.54, 1.807) is 0 Å². The number of hydrogen-bond acceptors (Lipinski definition) is 1. The highest BCUT2D eigenvalue weighted by atomic mass is 35.5. The van der Waals surface area contributed by atoms with Gasteiger partial charge in [0.15, 0.2) is 0 Å². The molecule has 2 aliphatic carbocycles. The Balaban J connectivity index is 1.57. The highest BCUT2D eigenvalue weighted by Crippen LogP contribution is 2.51. The van der Waals surface area contributed by atoms with Gasteiger partial charge in [-0.1, -0.05) is 25.4 Å². The maximum Gasteiger partial charge on any atom is 0.227 e. The fourth-order valence-corrected chi connectivity index (χ4v) is 4.50. The largest absolute Gasteiger partial charge is 0.326 e. The topological polar surface area (TPSA) is 29.1 Å². The number of fused-ring (bicyclic) bond motifs is 1. The number of benzene rings is 1. The van der Waals surface area contributed by atoms with Crippen molar-refractivity contribution in [1.29, 1.82) is 0 Å². The van der Waals surface area contributed by atoms with E-state index in [1.807, 2.05) is 24.3 Å². The third-order valence-electron chi connectivity index (χ3n) is 5.52. The highest BCUT2D eigenvalue weighted by Gasteiger charge is 2.42. The van der Waals surface area contributed by atoms with Crippen molar-refractivity contribution in [2.45, 2.75) is 39.5 Å². The zero-order valence-electron chi connectivity index (χ0n) is 12.8. The summed E-state index contributed by atoms with van der Waals surface area (Å²) in [5, 5.41) is 3.72. The van der Waals surface area contributed by atoms with Gasteiger partial charge >= 0.3 is 0 Å². The molecule has 3 rings (SSSR count). The summed E-state index contributed by atoms with van der Waals surface area (Å²) >= 11 is 5.87. The van der Waals surface area contributed by atoms with Crippen LogP contribution in [0, 0.1) is 29.6 Å². The maximum atomic E-state index is 12.4. The molecule has 0 aromatic heterocycles. The second-order valence-corrected chi connectivity index (χ2v) is 7.55. The third-order valence-corrected chi connectivity index (χ3v) is 5.77. The van der Waals surface area contributed by atoms with E-state index in [2.05, 4.69) is 19.2 Å². The quantitative estimate of drug-likeness (QED) is 0.837. The fourth-order valence-electron chi connectivity index (χ4n) is 4.38. The smallest absolute Gasteiger partial charge is 0.227 e. The van der Waals surface area contributed by atoms with Gasteiger partial charge in [-0.05, 0) is 73.6 Å². The van der Waals surface area contributed by atoms with Crippen LogP contribution in [0.5, 0.6) is 0 Å². The van der Waals surface area contributed by atoms with Crippen LogP contribution in [0.2, 0.25) is 5.02 Å². The first kappa shape index (κ1) is 14.9. The van der Waals surface area contributed by atoms with E-state index in [0.29, 0.717) is 10.9 Å². The first-order chi connectivity index (χ1) is 10.0. The molecule has 0 spiro atoms. The molecule has 1 amide bonds. The number of rotatable bonds is 3. The molecule has 0 saturated heterocycles. The summed E-state index contributed by atoms with van der Waals surface area (Å²) in [6.45, 7) is 4.45. The second-order valence-electron chi connectivity index (χ2n) is 7.11. The molecule has 0 radical (unpaired) electrons. The predicted molar refractivity (Wildman–Crippen MR) is 87.3 cm³/mol. The minimum atomic E-state index is 0.0987. The molecule has 2 aliphatic rings. The Morgan fingerprint density at radius 1 is 1.14 bits per heavy atom. The summed E-state index contributed by atoms with van der Waals surface area (Å²) in [6, 6.07) is 7.34. The van der Waals surface area contributed by atoms with Crippen LogP contribution < -0.4 is 5.32 Å². The van der Waals surface area contributed by atoms with Crippen LogP contribution in [0.4, 0.5) is 5.69 Å². The number of amides is 1. The van der Waals surface area contributed by atoms with Gasteiger partial charge in [-0.2, -0.15) is 0 Å². The molecule has 114 valence electrons. The number of halogens is 1. The molecule has 0 aliphatic heterocycles. The fraction of sp³-hybridized carbons (Fsp3) is 0.611. The van der Waals surface area contributed by atoms with E-state index in [1.165, 1.54) is 25.7 Å². The molecule has 5 atom stereocenters. The van der Waals surface area contributed by atoms with Crippen LogP contribution in [0.15, 0.2) is 24.3 Å². The molecule has 21 heavy (non-hydrogen) atoms. The molecule has 0 heterocycles. The second kappa shape index (κ2) is 6.00. The molecular weight excluding hydrogens is 282 g/mol. The van der Waals surface area contributed by atoms with E-state index in [4.69, 9.17) is 11.6 Å². The third kappa shape index (κ3) is 3.26. The summed E-state index contributed by atoms with van der Waals surface area (Å²) in [4.78, 5) is 12.4. The van der Waals surface area contributed by atoms with Gasteiger partial charge in [0, 0.05) is 16.6 Å². The highest BCUT2D eigenvalue weighted by molar-refractivity contribution is 6.30. The Morgan fingerprint density at radius 3 is 2.29 bits per heavy atom. The lowest BCUT2D eigenvalue weighted by atomic mass is 9.88. The van der Waals surface area contributed by atoms with Gasteiger partial charge in [-0.25, -0.2) is 0 Å². The SMILES string of the molecule is C[C@@H]1C[C@@H]2C[C@H]([C@@H](C)C(=O)Nc3ccc(Cl)cc3)C[C@@H]2C1. The Bertz CT molecular complexity index is 498. The van der Waals surface area contributed by atoms with Gasteiger partial charge in [0.25, 0.3) is 0 Å². The lowest BCUT2D eigenvalue weighted by Gasteiger charge is -2.20. The standard InChI is InChI=1S/C18H24ClNO/c1-11-7-14-9-13(10-15(14)8-11)12(2)18(21)20-17-5-3-16(19)4-6-17/h3-6,11-15H,7-10H2,1-2H3,(H,20,21)/t11-,12-,13+,14-,15+/m1/s1. The molecular formula is C18H24ClNO. The average Bonchev–Trinajstić information content (AvgIpc) is 2.97. The molecule has 2 saturated carbocycles. The predicted octanol–water partition coefficient (Wildman–Crippen LogP) is 4.99. The Morgan fingerprint density at radius 2 is 1.71 bits per heavy atom.